The number of esters is 1. The normalized spacial score (nSPS) is 15.1. The lowest BCUT2D eigenvalue weighted by Crippen LogP contribution is -2.43. The second-order valence-electron chi connectivity index (χ2n) is 12.3. The molecule has 1 amide bonds. The van der Waals surface area contributed by atoms with Crippen LogP contribution in [-0.2, 0) is 20.8 Å². The number of hydrogen-bond donors (Lipinski definition) is 1. The zero-order valence-electron chi connectivity index (χ0n) is 26.8. The molecule has 3 aromatic carbocycles. The molecule has 238 valence electrons. The number of nitrogens with zero attached hydrogens (tertiary/aromatic N) is 2. The van der Waals surface area contributed by atoms with Gasteiger partial charge in [-0.3, -0.25) is 4.90 Å². The number of amides is 1. The Labute approximate surface area is 267 Å². The molecule has 0 aromatic heterocycles. The number of carbonyl (C=O) groups is 2. The van der Waals surface area contributed by atoms with Gasteiger partial charge in [0.2, 0.25) is 0 Å². The average Bonchev–Trinajstić information content (AvgIpc) is 3.50. The quantitative estimate of drug-likeness (QED) is 0.105. The van der Waals surface area contributed by atoms with Gasteiger partial charge in [0.25, 0.3) is 0 Å². The van der Waals surface area contributed by atoms with Crippen molar-refractivity contribution in [3.05, 3.63) is 101 Å². The standard InChI is InChI=1S/C36H43FN3O4P/c1-24-21-27(17-20-30(24)37)31(45-5)22-32(38)39-28-18-15-25(16-19-28)23-40(35(42)44-36(2,3)4)33(26-11-7-6-8-12-26)34(41)43-29-13-9-10-14-29/h6-8,11-12,15-21,29,33H,9-10,13-14,22-23H2,1-5H3,(H2,38,39). The summed E-state index contributed by atoms with van der Waals surface area (Å²) in [6.45, 7) is 9.27. The van der Waals surface area contributed by atoms with Crippen molar-refractivity contribution >= 4 is 37.1 Å². The molecular weight excluding hydrogens is 588 g/mol. The third-order valence-electron chi connectivity index (χ3n) is 7.53. The summed E-state index contributed by atoms with van der Waals surface area (Å²) in [5.74, 6) is -0.270. The maximum absolute atomic E-state index is 13.8. The fraction of sp³-hybridized carbons (Fsp3) is 0.389. The summed E-state index contributed by atoms with van der Waals surface area (Å²) in [5.41, 5.74) is 9.19. The molecule has 0 spiro atoms. The van der Waals surface area contributed by atoms with Gasteiger partial charge in [-0.05, 0) is 112 Å². The van der Waals surface area contributed by atoms with E-state index in [-0.39, 0.29) is 18.5 Å². The lowest BCUT2D eigenvalue weighted by molar-refractivity contribution is -0.155. The van der Waals surface area contributed by atoms with Crippen molar-refractivity contribution < 1.29 is 23.5 Å². The number of ether oxygens (including phenoxy) is 2. The molecule has 0 radical (unpaired) electrons. The van der Waals surface area contributed by atoms with E-state index in [2.05, 4.69) is 4.99 Å². The van der Waals surface area contributed by atoms with Gasteiger partial charge in [-0.2, -0.15) is 0 Å². The van der Waals surface area contributed by atoms with Crippen molar-refractivity contribution in [1.82, 2.24) is 4.90 Å². The summed E-state index contributed by atoms with van der Waals surface area (Å²) in [5, 5.41) is 1.04. The van der Waals surface area contributed by atoms with Gasteiger partial charge in [0, 0.05) is 6.42 Å². The molecule has 1 fully saturated rings. The third kappa shape index (κ3) is 9.73. The van der Waals surface area contributed by atoms with Gasteiger partial charge in [0.15, 0.2) is 6.04 Å². The number of hydrogen-bond acceptors (Lipinski definition) is 5. The topological polar surface area (TPSA) is 94.2 Å². The predicted molar refractivity (Wildman–Crippen MR) is 180 cm³/mol. The number of halogens is 1. The Morgan fingerprint density at radius 2 is 1.71 bits per heavy atom. The Morgan fingerprint density at radius 1 is 1.04 bits per heavy atom. The van der Waals surface area contributed by atoms with E-state index >= 15 is 0 Å². The van der Waals surface area contributed by atoms with Crippen molar-refractivity contribution in [1.29, 1.82) is 0 Å². The number of carbonyl (C=O) groups excluding carboxylic acids is 2. The maximum Gasteiger partial charge on any atom is 0.411 e. The van der Waals surface area contributed by atoms with E-state index in [4.69, 9.17) is 15.2 Å². The van der Waals surface area contributed by atoms with Gasteiger partial charge >= 0.3 is 12.1 Å². The zero-order valence-corrected chi connectivity index (χ0v) is 27.6. The molecule has 4 rings (SSSR count). The second-order valence-corrected chi connectivity index (χ2v) is 13.3. The SMILES string of the molecule is CP=C(CC(N)=Nc1ccc(CN(C(=O)OC(C)(C)C)C(C(=O)OC2CCCC2)c2ccccc2)cc1)c1ccc(F)c(C)c1. The van der Waals surface area contributed by atoms with Crippen molar-refractivity contribution in [2.24, 2.45) is 10.7 Å². The Bertz CT molecular complexity index is 1530. The van der Waals surface area contributed by atoms with Crippen LogP contribution in [0.3, 0.4) is 0 Å². The van der Waals surface area contributed by atoms with E-state index in [0.717, 1.165) is 50.3 Å². The highest BCUT2D eigenvalue weighted by Gasteiger charge is 2.37. The molecule has 3 aromatic rings. The summed E-state index contributed by atoms with van der Waals surface area (Å²) in [4.78, 5) is 33.4. The van der Waals surface area contributed by atoms with Crippen molar-refractivity contribution in [3.63, 3.8) is 0 Å². The van der Waals surface area contributed by atoms with E-state index in [9.17, 15) is 14.0 Å². The molecule has 0 aliphatic heterocycles. The first-order valence-corrected chi connectivity index (χ1v) is 16.7. The molecule has 45 heavy (non-hydrogen) atoms. The fourth-order valence-corrected chi connectivity index (χ4v) is 6.00. The van der Waals surface area contributed by atoms with Crippen LogP contribution >= 0.6 is 8.20 Å². The summed E-state index contributed by atoms with van der Waals surface area (Å²) in [6.07, 6.45) is 3.38. The van der Waals surface area contributed by atoms with Crippen molar-refractivity contribution in [2.75, 3.05) is 6.66 Å². The first-order valence-electron chi connectivity index (χ1n) is 15.3. The Kier molecular flexibility index (Phi) is 11.5. The Balaban J connectivity index is 1.57. The molecule has 2 N–H and O–H groups in total. The van der Waals surface area contributed by atoms with E-state index < -0.39 is 23.7 Å². The van der Waals surface area contributed by atoms with Crippen molar-refractivity contribution in [3.8, 4) is 0 Å². The van der Waals surface area contributed by atoms with Gasteiger partial charge in [0.05, 0.1) is 12.2 Å². The number of aliphatic imine (C=N–C) groups is 1. The first kappa shape index (κ1) is 33.9. The highest BCUT2D eigenvalue weighted by atomic mass is 31.1. The molecule has 1 atom stereocenters. The number of rotatable bonds is 10. The first-order chi connectivity index (χ1) is 21.4. The largest absolute Gasteiger partial charge is 0.461 e. The summed E-state index contributed by atoms with van der Waals surface area (Å²) < 4.78 is 25.5. The number of benzene rings is 3. The van der Waals surface area contributed by atoms with Crippen LogP contribution in [0.5, 0.6) is 0 Å². The molecule has 0 saturated heterocycles. The molecule has 1 aliphatic rings. The molecule has 0 heterocycles. The molecule has 1 saturated carbocycles. The third-order valence-corrected chi connectivity index (χ3v) is 8.49. The van der Waals surface area contributed by atoms with E-state index in [1.54, 1.807) is 33.8 Å². The number of aryl methyl sites for hydroxylation is 1. The smallest absolute Gasteiger partial charge is 0.411 e. The molecule has 1 aliphatic carbocycles. The average molecular weight is 632 g/mol. The van der Waals surface area contributed by atoms with Crippen LogP contribution in [0.4, 0.5) is 14.9 Å². The molecule has 0 bridgehead atoms. The van der Waals surface area contributed by atoms with Gasteiger partial charge in [-0.25, -0.2) is 19.0 Å². The van der Waals surface area contributed by atoms with Crippen LogP contribution in [-0.4, -0.2) is 46.5 Å². The van der Waals surface area contributed by atoms with Crippen LogP contribution < -0.4 is 5.73 Å². The zero-order chi connectivity index (χ0) is 32.6. The fourth-order valence-electron chi connectivity index (χ4n) is 5.28. The molecule has 7 nitrogen and oxygen atoms in total. The minimum absolute atomic E-state index is 0.115. The number of nitrogens with two attached hydrogens (primary N) is 1. The van der Waals surface area contributed by atoms with E-state index in [0.29, 0.717) is 29.1 Å². The predicted octanol–water partition coefficient (Wildman–Crippen LogP) is 8.27. The lowest BCUT2D eigenvalue weighted by Gasteiger charge is -2.33. The summed E-state index contributed by atoms with van der Waals surface area (Å²) in [6, 6.07) is 20.7. The van der Waals surface area contributed by atoms with Crippen molar-refractivity contribution in [2.45, 2.75) is 84.1 Å². The van der Waals surface area contributed by atoms with E-state index in [1.807, 2.05) is 67.3 Å². The van der Waals surface area contributed by atoms with Crippen LogP contribution in [0.15, 0.2) is 77.8 Å². The Hall–Kier alpha value is -4.03. The monoisotopic (exact) mass is 631 g/mol. The van der Waals surface area contributed by atoms with Gasteiger partial charge in [-0.15, -0.1) is 8.20 Å². The van der Waals surface area contributed by atoms with Crippen LogP contribution in [0, 0.1) is 12.7 Å². The maximum atomic E-state index is 13.8. The summed E-state index contributed by atoms with van der Waals surface area (Å²) >= 11 is 0. The summed E-state index contributed by atoms with van der Waals surface area (Å²) in [7, 11) is 1.02. The lowest BCUT2D eigenvalue weighted by atomic mass is 10.0. The Morgan fingerprint density at radius 3 is 2.31 bits per heavy atom. The highest BCUT2D eigenvalue weighted by molar-refractivity contribution is 7.40. The minimum Gasteiger partial charge on any atom is -0.461 e. The molecule has 9 heteroatoms. The minimum atomic E-state index is -0.979. The van der Waals surface area contributed by atoms with Crippen LogP contribution in [0.25, 0.3) is 0 Å². The van der Waals surface area contributed by atoms with E-state index in [1.165, 1.54) is 11.0 Å². The molecule has 1 unspecified atom stereocenters. The van der Waals surface area contributed by atoms with Gasteiger partial charge < -0.3 is 15.2 Å². The number of amidine groups is 1. The van der Waals surface area contributed by atoms with Crippen LogP contribution in [0.1, 0.15) is 81.2 Å². The van der Waals surface area contributed by atoms with Crippen LogP contribution in [0.2, 0.25) is 0 Å². The second kappa shape index (κ2) is 15.3. The van der Waals surface area contributed by atoms with Gasteiger partial charge in [-0.1, -0.05) is 48.5 Å². The molecular formula is C36H43FN3O4P. The van der Waals surface area contributed by atoms with Gasteiger partial charge in [0.1, 0.15) is 23.4 Å². The highest BCUT2D eigenvalue weighted by Crippen LogP contribution is 2.30.